The van der Waals surface area contributed by atoms with Crippen molar-refractivity contribution in [2.75, 3.05) is 13.1 Å². The highest BCUT2D eigenvalue weighted by atomic mass is 16.1. The number of hydrogen-bond acceptors (Lipinski definition) is 4. The standard InChI is InChI=1S/C31H42N4O/c1-22(2)15-23-7-9-24(10-8-23)31(36)18-28-17-27-16-25(11-12-26(27)19-32-28)29-20-33-34(3)30(29)21-35-13-5-4-6-14-35/h11-12,16-17,19-20,22-24H,4-10,13-15,18,21H2,1-3H3. The van der Waals surface area contributed by atoms with Crippen LogP contribution >= 0.6 is 0 Å². The molecule has 0 radical (unpaired) electrons. The third kappa shape index (κ3) is 5.88. The molecule has 5 heteroatoms. The first-order valence-electron chi connectivity index (χ1n) is 14.1. The summed E-state index contributed by atoms with van der Waals surface area (Å²) >= 11 is 0. The number of carbonyl (C=O) groups is 1. The van der Waals surface area contributed by atoms with Crippen LogP contribution in [0.4, 0.5) is 0 Å². The van der Waals surface area contributed by atoms with Gasteiger partial charge in [-0.05, 0) is 93.0 Å². The minimum Gasteiger partial charge on any atom is -0.299 e. The van der Waals surface area contributed by atoms with Crippen molar-refractivity contribution in [3.63, 3.8) is 0 Å². The van der Waals surface area contributed by atoms with Crippen LogP contribution in [0.3, 0.4) is 0 Å². The molecule has 2 fully saturated rings. The van der Waals surface area contributed by atoms with Crippen LogP contribution in [0.25, 0.3) is 21.9 Å². The number of ketones is 1. The molecule has 2 aromatic heterocycles. The normalized spacial score (nSPS) is 21.3. The lowest BCUT2D eigenvalue weighted by molar-refractivity contribution is -0.123. The summed E-state index contributed by atoms with van der Waals surface area (Å²) in [4.78, 5) is 20.3. The van der Waals surface area contributed by atoms with E-state index in [1.165, 1.54) is 68.4 Å². The van der Waals surface area contributed by atoms with Gasteiger partial charge in [0.25, 0.3) is 0 Å². The summed E-state index contributed by atoms with van der Waals surface area (Å²) < 4.78 is 2.03. The van der Waals surface area contributed by atoms with Gasteiger partial charge in [0.2, 0.25) is 0 Å². The van der Waals surface area contributed by atoms with Crippen molar-refractivity contribution in [3.05, 3.63) is 48.0 Å². The highest BCUT2D eigenvalue weighted by molar-refractivity contribution is 5.89. The molecular weight excluding hydrogens is 444 g/mol. The summed E-state index contributed by atoms with van der Waals surface area (Å²) in [5, 5.41) is 6.87. The fraction of sp³-hybridized carbons (Fsp3) is 0.581. The van der Waals surface area contributed by atoms with E-state index in [1.54, 1.807) is 0 Å². The Hall–Kier alpha value is -2.53. The van der Waals surface area contributed by atoms with Gasteiger partial charge in [-0.25, -0.2) is 0 Å². The number of hydrogen-bond donors (Lipinski definition) is 0. The van der Waals surface area contributed by atoms with E-state index in [9.17, 15) is 4.79 Å². The number of rotatable bonds is 8. The Bertz CT molecular complexity index is 1180. The Kier molecular flexibility index (Phi) is 7.85. The molecule has 2 aliphatic rings. The van der Waals surface area contributed by atoms with E-state index >= 15 is 0 Å². The van der Waals surface area contributed by atoms with Crippen molar-refractivity contribution in [2.45, 2.75) is 78.2 Å². The fourth-order valence-electron chi connectivity index (χ4n) is 6.38. The maximum absolute atomic E-state index is 13.1. The number of carbonyl (C=O) groups excluding carboxylic acids is 1. The number of pyridine rings is 1. The molecule has 1 saturated heterocycles. The van der Waals surface area contributed by atoms with Gasteiger partial charge in [-0.3, -0.25) is 19.4 Å². The van der Waals surface area contributed by atoms with Crippen molar-refractivity contribution in [2.24, 2.45) is 24.8 Å². The molecule has 0 N–H and O–H groups in total. The number of aryl methyl sites for hydroxylation is 1. The number of fused-ring (bicyclic) bond motifs is 1. The summed E-state index contributed by atoms with van der Waals surface area (Å²) in [5.74, 6) is 2.14. The zero-order chi connectivity index (χ0) is 25.1. The predicted octanol–water partition coefficient (Wildman–Crippen LogP) is 6.59. The van der Waals surface area contributed by atoms with E-state index in [0.717, 1.165) is 47.7 Å². The van der Waals surface area contributed by atoms with Gasteiger partial charge in [-0.2, -0.15) is 5.10 Å². The monoisotopic (exact) mass is 486 g/mol. The van der Waals surface area contributed by atoms with Crippen molar-refractivity contribution >= 4 is 16.6 Å². The molecule has 0 bridgehead atoms. The lowest BCUT2D eigenvalue weighted by Crippen LogP contribution is -2.30. The summed E-state index contributed by atoms with van der Waals surface area (Å²) in [6.45, 7) is 7.89. The second-order valence-electron chi connectivity index (χ2n) is 11.7. The Morgan fingerprint density at radius 3 is 2.53 bits per heavy atom. The van der Waals surface area contributed by atoms with Gasteiger partial charge in [0.15, 0.2) is 0 Å². The summed E-state index contributed by atoms with van der Waals surface area (Å²) in [6.07, 6.45) is 14.1. The molecule has 3 aromatic rings. The van der Waals surface area contributed by atoms with Crippen LogP contribution in [0, 0.1) is 17.8 Å². The number of likely N-dealkylation sites (tertiary alicyclic amines) is 1. The molecule has 5 nitrogen and oxygen atoms in total. The molecule has 0 spiro atoms. The zero-order valence-corrected chi connectivity index (χ0v) is 22.4. The van der Waals surface area contributed by atoms with Crippen molar-refractivity contribution < 1.29 is 4.79 Å². The van der Waals surface area contributed by atoms with Crippen molar-refractivity contribution in [1.29, 1.82) is 0 Å². The number of Topliss-reactive ketones (excluding diaryl/α,β-unsaturated/α-hetero) is 1. The molecule has 3 heterocycles. The third-order valence-corrected chi connectivity index (χ3v) is 8.44. The zero-order valence-electron chi connectivity index (χ0n) is 22.4. The average molecular weight is 487 g/mol. The van der Waals surface area contributed by atoms with Crippen LogP contribution < -0.4 is 0 Å². The number of aromatic nitrogens is 3. The van der Waals surface area contributed by atoms with Gasteiger partial charge >= 0.3 is 0 Å². The van der Waals surface area contributed by atoms with Gasteiger partial charge in [0, 0.05) is 48.8 Å². The van der Waals surface area contributed by atoms with Crippen LogP contribution in [-0.2, 0) is 24.8 Å². The largest absolute Gasteiger partial charge is 0.299 e. The van der Waals surface area contributed by atoms with Crippen LogP contribution in [0.5, 0.6) is 0 Å². The smallest absolute Gasteiger partial charge is 0.141 e. The maximum atomic E-state index is 13.1. The first kappa shape index (κ1) is 25.1. The Balaban J connectivity index is 1.30. The number of benzene rings is 1. The summed E-state index contributed by atoms with van der Waals surface area (Å²) in [6, 6.07) is 8.71. The molecule has 0 atom stereocenters. The maximum Gasteiger partial charge on any atom is 0.141 e. The van der Waals surface area contributed by atoms with Crippen LogP contribution in [0.1, 0.15) is 76.6 Å². The van der Waals surface area contributed by atoms with Crippen molar-refractivity contribution in [1.82, 2.24) is 19.7 Å². The molecule has 1 aliphatic heterocycles. The van der Waals surface area contributed by atoms with E-state index in [-0.39, 0.29) is 5.92 Å². The summed E-state index contributed by atoms with van der Waals surface area (Å²) in [7, 11) is 2.05. The lowest BCUT2D eigenvalue weighted by Gasteiger charge is -2.28. The Labute approximate surface area is 216 Å². The van der Waals surface area contributed by atoms with Gasteiger partial charge < -0.3 is 0 Å². The van der Waals surface area contributed by atoms with Gasteiger partial charge in [-0.15, -0.1) is 0 Å². The third-order valence-electron chi connectivity index (χ3n) is 8.44. The second kappa shape index (κ2) is 11.2. The first-order valence-corrected chi connectivity index (χ1v) is 14.1. The quantitative estimate of drug-likeness (QED) is 0.361. The highest BCUT2D eigenvalue weighted by Crippen LogP contribution is 2.34. The minimum absolute atomic E-state index is 0.213. The Morgan fingerprint density at radius 1 is 1.00 bits per heavy atom. The molecule has 192 valence electrons. The SMILES string of the molecule is CC(C)CC1CCC(C(=O)Cc2cc3cc(-c4cnn(C)c4CN4CCCCC4)ccc3cn2)CC1. The van der Waals surface area contributed by atoms with E-state index in [4.69, 9.17) is 0 Å². The average Bonchev–Trinajstić information content (AvgIpc) is 3.24. The predicted molar refractivity (Wildman–Crippen MR) is 147 cm³/mol. The molecule has 36 heavy (non-hydrogen) atoms. The second-order valence-corrected chi connectivity index (χ2v) is 11.7. The highest BCUT2D eigenvalue weighted by Gasteiger charge is 2.27. The summed E-state index contributed by atoms with van der Waals surface area (Å²) in [5.41, 5.74) is 4.56. The van der Waals surface area contributed by atoms with Crippen LogP contribution in [0.15, 0.2) is 36.7 Å². The van der Waals surface area contributed by atoms with Gasteiger partial charge in [0.1, 0.15) is 5.78 Å². The fourth-order valence-corrected chi connectivity index (χ4v) is 6.38. The van der Waals surface area contributed by atoms with Crippen molar-refractivity contribution in [3.8, 4) is 11.1 Å². The Morgan fingerprint density at radius 2 is 1.78 bits per heavy atom. The number of nitrogens with zero attached hydrogens (tertiary/aromatic N) is 4. The van der Waals surface area contributed by atoms with E-state index in [2.05, 4.69) is 53.1 Å². The van der Waals surface area contributed by atoms with E-state index in [0.29, 0.717) is 12.2 Å². The molecule has 0 amide bonds. The molecule has 0 unspecified atom stereocenters. The topological polar surface area (TPSA) is 51.0 Å². The van der Waals surface area contributed by atoms with Crippen LogP contribution in [-0.4, -0.2) is 38.5 Å². The van der Waals surface area contributed by atoms with Gasteiger partial charge in [0.05, 0.1) is 11.9 Å². The minimum atomic E-state index is 0.213. The molecular formula is C31H42N4O. The molecule has 1 saturated carbocycles. The van der Waals surface area contributed by atoms with Gasteiger partial charge in [-0.1, -0.05) is 32.4 Å². The first-order chi connectivity index (χ1) is 17.5. The number of piperidine rings is 1. The van der Waals surface area contributed by atoms with E-state index in [1.807, 2.05) is 24.1 Å². The van der Waals surface area contributed by atoms with E-state index < -0.39 is 0 Å². The molecule has 1 aliphatic carbocycles. The molecule has 5 rings (SSSR count). The lowest BCUT2D eigenvalue weighted by atomic mass is 9.76. The van der Waals surface area contributed by atoms with Crippen LogP contribution in [0.2, 0.25) is 0 Å². The molecule has 1 aromatic carbocycles.